The van der Waals surface area contributed by atoms with Gasteiger partial charge in [-0.05, 0) is 12.0 Å². The number of carbonyl (C=O) groups is 1. The van der Waals surface area contributed by atoms with Gasteiger partial charge in [0.05, 0.1) is 9.82 Å². The fourth-order valence-corrected chi connectivity index (χ4v) is 1.86. The standard InChI is InChI=1S/C10H6ClNO5S/c1-7(13)2-3-8-4-9(12(14)15)6-10(5-8)18(11,16)17/h4-6H,1H3. The van der Waals surface area contributed by atoms with Crippen LogP contribution in [0.1, 0.15) is 12.5 Å². The molecule has 0 aliphatic rings. The molecule has 0 aliphatic heterocycles. The Kier molecular flexibility index (Phi) is 4.06. The number of rotatable bonds is 2. The minimum absolute atomic E-state index is 0.0265. The Labute approximate surface area is 107 Å². The first-order valence-electron chi connectivity index (χ1n) is 4.47. The van der Waals surface area contributed by atoms with Gasteiger partial charge in [0.1, 0.15) is 0 Å². The molecule has 1 aromatic rings. The number of nitrogens with zero attached hydrogens (tertiary/aromatic N) is 1. The molecule has 8 heteroatoms. The van der Waals surface area contributed by atoms with Gasteiger partial charge < -0.3 is 0 Å². The van der Waals surface area contributed by atoms with Crippen molar-refractivity contribution >= 4 is 31.2 Å². The maximum absolute atomic E-state index is 11.1. The minimum Gasteiger partial charge on any atom is -0.285 e. The Balaban J connectivity index is 3.47. The number of nitro groups is 1. The number of non-ortho nitro benzene ring substituents is 1. The van der Waals surface area contributed by atoms with Crippen LogP contribution in [0, 0.1) is 22.0 Å². The van der Waals surface area contributed by atoms with Crippen molar-refractivity contribution in [3.05, 3.63) is 33.9 Å². The first-order valence-corrected chi connectivity index (χ1v) is 6.78. The predicted octanol–water partition coefficient (Wildman–Crippen LogP) is 1.46. The highest BCUT2D eigenvalue weighted by Gasteiger charge is 2.16. The topological polar surface area (TPSA) is 94.3 Å². The number of halogens is 1. The molecule has 0 N–H and O–H groups in total. The molecule has 94 valence electrons. The van der Waals surface area contributed by atoms with Crippen molar-refractivity contribution in [1.29, 1.82) is 0 Å². The third-order valence-electron chi connectivity index (χ3n) is 1.77. The smallest absolute Gasteiger partial charge is 0.272 e. The molecule has 0 atom stereocenters. The SMILES string of the molecule is CC(=O)C#Cc1cc([N+](=O)[O-])cc(S(=O)(=O)Cl)c1. The van der Waals surface area contributed by atoms with Crippen LogP contribution in [0.15, 0.2) is 23.1 Å². The van der Waals surface area contributed by atoms with Gasteiger partial charge in [0.15, 0.2) is 0 Å². The Hall–Kier alpha value is -1.91. The van der Waals surface area contributed by atoms with E-state index >= 15 is 0 Å². The molecule has 6 nitrogen and oxygen atoms in total. The van der Waals surface area contributed by atoms with Crippen molar-refractivity contribution in [1.82, 2.24) is 0 Å². The second-order valence-corrected chi connectivity index (χ2v) is 5.78. The number of hydrogen-bond donors (Lipinski definition) is 0. The van der Waals surface area contributed by atoms with Gasteiger partial charge in [-0.1, -0.05) is 5.92 Å². The highest BCUT2D eigenvalue weighted by atomic mass is 35.7. The molecule has 0 saturated heterocycles. The molecule has 0 radical (unpaired) electrons. The van der Waals surface area contributed by atoms with E-state index in [1.54, 1.807) is 0 Å². The van der Waals surface area contributed by atoms with Crippen LogP contribution in [0.25, 0.3) is 0 Å². The third kappa shape index (κ3) is 3.84. The van der Waals surface area contributed by atoms with Gasteiger partial charge in [-0.15, -0.1) is 0 Å². The van der Waals surface area contributed by atoms with Gasteiger partial charge in [0, 0.05) is 35.3 Å². The van der Waals surface area contributed by atoms with Crippen molar-refractivity contribution in [2.45, 2.75) is 11.8 Å². The van der Waals surface area contributed by atoms with Crippen LogP contribution in [-0.4, -0.2) is 19.1 Å². The highest BCUT2D eigenvalue weighted by molar-refractivity contribution is 8.13. The molecule has 0 amide bonds. The first kappa shape index (κ1) is 14.2. The average molecular weight is 288 g/mol. The second kappa shape index (κ2) is 5.16. The normalized spacial score (nSPS) is 10.3. The fourth-order valence-electron chi connectivity index (χ4n) is 1.06. The summed E-state index contributed by atoms with van der Waals surface area (Å²) >= 11 is 0. The molecule has 0 unspecified atom stereocenters. The Morgan fingerprint density at radius 2 is 2.00 bits per heavy atom. The summed E-state index contributed by atoms with van der Waals surface area (Å²) < 4.78 is 22.3. The quantitative estimate of drug-likeness (QED) is 0.355. The van der Waals surface area contributed by atoms with Crippen LogP contribution in [0.3, 0.4) is 0 Å². The molecular weight excluding hydrogens is 282 g/mol. The maximum Gasteiger partial charge on any atom is 0.272 e. The van der Waals surface area contributed by atoms with Crippen molar-refractivity contribution in [2.24, 2.45) is 0 Å². The van der Waals surface area contributed by atoms with E-state index in [4.69, 9.17) is 10.7 Å². The fraction of sp³-hybridized carbons (Fsp3) is 0.100. The summed E-state index contributed by atoms with van der Waals surface area (Å²) in [6.07, 6.45) is 0. The van der Waals surface area contributed by atoms with E-state index in [2.05, 4.69) is 11.8 Å². The van der Waals surface area contributed by atoms with Crippen LogP contribution < -0.4 is 0 Å². The Bertz CT molecular complexity index is 684. The van der Waals surface area contributed by atoms with Gasteiger partial charge in [-0.3, -0.25) is 14.9 Å². The van der Waals surface area contributed by atoms with E-state index < -0.39 is 30.3 Å². The van der Waals surface area contributed by atoms with Crippen molar-refractivity contribution in [2.75, 3.05) is 0 Å². The summed E-state index contributed by atoms with van der Waals surface area (Å²) in [4.78, 5) is 20.1. The van der Waals surface area contributed by atoms with Crippen molar-refractivity contribution in [3.8, 4) is 11.8 Å². The molecule has 1 rings (SSSR count). The van der Waals surface area contributed by atoms with Gasteiger partial charge in [0.2, 0.25) is 5.78 Å². The van der Waals surface area contributed by atoms with Gasteiger partial charge in [0.25, 0.3) is 14.7 Å². The first-order chi connectivity index (χ1) is 8.20. The molecule has 0 bridgehead atoms. The van der Waals surface area contributed by atoms with E-state index in [1.807, 2.05) is 0 Å². The van der Waals surface area contributed by atoms with Crippen LogP contribution in [0.5, 0.6) is 0 Å². The number of benzene rings is 1. The average Bonchev–Trinajstić information content (AvgIpc) is 2.24. The van der Waals surface area contributed by atoms with E-state index in [0.29, 0.717) is 0 Å². The molecule has 0 aromatic heterocycles. The maximum atomic E-state index is 11.1. The van der Waals surface area contributed by atoms with Crippen LogP contribution in [0.2, 0.25) is 0 Å². The molecule has 0 fully saturated rings. The summed E-state index contributed by atoms with van der Waals surface area (Å²) in [5, 5.41) is 10.6. The third-order valence-corrected chi connectivity index (χ3v) is 3.10. The summed E-state index contributed by atoms with van der Waals surface area (Å²) in [7, 11) is 1.000. The largest absolute Gasteiger partial charge is 0.285 e. The minimum atomic E-state index is -4.10. The van der Waals surface area contributed by atoms with Crippen molar-refractivity contribution in [3.63, 3.8) is 0 Å². The molecule has 0 aliphatic carbocycles. The predicted molar refractivity (Wildman–Crippen MR) is 63.7 cm³/mol. The van der Waals surface area contributed by atoms with Crippen LogP contribution in [0.4, 0.5) is 5.69 Å². The zero-order chi connectivity index (χ0) is 13.9. The molecule has 1 aromatic carbocycles. The van der Waals surface area contributed by atoms with Crippen LogP contribution in [-0.2, 0) is 13.8 Å². The van der Waals surface area contributed by atoms with Crippen LogP contribution >= 0.6 is 10.7 Å². The lowest BCUT2D eigenvalue weighted by molar-refractivity contribution is -0.385. The van der Waals surface area contributed by atoms with E-state index in [1.165, 1.54) is 6.92 Å². The second-order valence-electron chi connectivity index (χ2n) is 3.22. The molecule has 0 heterocycles. The van der Waals surface area contributed by atoms with E-state index in [9.17, 15) is 23.3 Å². The number of ketones is 1. The van der Waals surface area contributed by atoms with E-state index in [-0.39, 0.29) is 5.56 Å². The molecule has 0 spiro atoms. The number of Topliss-reactive ketones (excluding diaryl/α,β-unsaturated/α-hetero) is 1. The summed E-state index contributed by atoms with van der Waals surface area (Å²) in [5.74, 6) is 4.03. The monoisotopic (exact) mass is 287 g/mol. The highest BCUT2D eigenvalue weighted by Crippen LogP contribution is 2.23. The lowest BCUT2D eigenvalue weighted by Gasteiger charge is -1.98. The Morgan fingerprint density at radius 1 is 1.39 bits per heavy atom. The zero-order valence-corrected chi connectivity index (χ0v) is 10.6. The number of nitro benzene ring substituents is 1. The van der Waals surface area contributed by atoms with Gasteiger partial charge >= 0.3 is 0 Å². The zero-order valence-electron chi connectivity index (χ0n) is 9.01. The molecule has 18 heavy (non-hydrogen) atoms. The van der Waals surface area contributed by atoms with Gasteiger partial charge in [-0.25, -0.2) is 8.42 Å². The summed E-state index contributed by atoms with van der Waals surface area (Å²) in [5.41, 5.74) is -0.441. The molecule has 0 saturated carbocycles. The lowest BCUT2D eigenvalue weighted by Crippen LogP contribution is -1.96. The molecular formula is C10H6ClNO5S. The van der Waals surface area contributed by atoms with E-state index in [0.717, 1.165) is 18.2 Å². The number of hydrogen-bond acceptors (Lipinski definition) is 5. The Morgan fingerprint density at radius 3 is 2.44 bits per heavy atom. The lowest BCUT2D eigenvalue weighted by atomic mass is 10.2. The van der Waals surface area contributed by atoms with Crippen molar-refractivity contribution < 1.29 is 18.1 Å². The summed E-state index contributed by atoms with van der Waals surface area (Å²) in [6.45, 7) is 1.21. The van der Waals surface area contributed by atoms with Gasteiger partial charge in [-0.2, -0.15) is 0 Å². The summed E-state index contributed by atoms with van der Waals surface area (Å²) in [6, 6.07) is 2.94. The number of carbonyl (C=O) groups excluding carboxylic acids is 1.